The van der Waals surface area contributed by atoms with Crippen molar-refractivity contribution in [2.45, 2.75) is 19.3 Å². The van der Waals surface area contributed by atoms with Crippen LogP contribution in [0.1, 0.15) is 19.3 Å². The smallest absolute Gasteiger partial charge is 0 e. The van der Waals surface area contributed by atoms with E-state index in [9.17, 15) is 9.46 Å². The maximum absolute atomic E-state index is 12.2. The van der Waals surface area contributed by atoms with Crippen LogP contribution in [0.3, 0.4) is 0 Å². The zero-order chi connectivity index (χ0) is 23.0. The second-order valence-corrected chi connectivity index (χ2v) is 7.03. The molecule has 8 heteroatoms. The van der Waals surface area contributed by atoms with Gasteiger partial charge in [0.15, 0.2) is 0 Å². The molecule has 0 atom stereocenters. The van der Waals surface area contributed by atoms with E-state index in [4.69, 9.17) is 18.6 Å². The van der Waals surface area contributed by atoms with Crippen LogP contribution in [0, 0.1) is 45.9 Å². The summed E-state index contributed by atoms with van der Waals surface area (Å²) >= 11 is 0. The minimum atomic E-state index is -3.40. The topological polar surface area (TPSA) is 117 Å². The van der Waals surface area contributed by atoms with Crippen LogP contribution in [0.4, 0.5) is 0 Å². The largest absolute Gasteiger partial charge is 0.0527 e. The SMILES string of the molecule is O=P(O)(c1ccccc1)c1ccccc1.[C-]#[O+].[C-]#[O+].[C-]#[O+].[C-]#[O+].[CH]1[CH]CCC[CH]1.[Mo]. The molecule has 155 valence electrons. The van der Waals surface area contributed by atoms with Crippen LogP contribution in [0.15, 0.2) is 60.7 Å². The van der Waals surface area contributed by atoms with Gasteiger partial charge in [-0.15, -0.1) is 0 Å². The molecule has 1 N–H and O–H groups in total. The number of benzene rings is 2. The average Bonchev–Trinajstić information content (AvgIpc) is 2.87. The first-order valence-electron chi connectivity index (χ1n) is 7.95. The Morgan fingerprint density at radius 3 is 1.17 bits per heavy atom. The molecule has 0 bridgehead atoms. The Balaban J connectivity index is -0.000000190. The zero-order valence-corrected chi connectivity index (χ0v) is 18.9. The molecule has 0 aromatic heterocycles. The molecule has 0 saturated heterocycles. The first-order chi connectivity index (χ1) is 14.2. The van der Waals surface area contributed by atoms with Crippen LogP contribution in [-0.2, 0) is 44.2 Å². The van der Waals surface area contributed by atoms with E-state index < -0.39 is 7.37 Å². The maximum atomic E-state index is 12.2. The van der Waals surface area contributed by atoms with Crippen LogP contribution in [-0.4, -0.2) is 4.89 Å². The number of rotatable bonds is 2. The molecule has 1 fully saturated rings. The van der Waals surface area contributed by atoms with Crippen LogP contribution >= 0.6 is 7.37 Å². The normalized spacial score (nSPS) is 10.7. The fourth-order valence-corrected chi connectivity index (χ4v) is 3.50. The Morgan fingerprint density at radius 1 is 0.667 bits per heavy atom. The van der Waals surface area contributed by atoms with Crippen molar-refractivity contribution in [3.05, 3.63) is 107 Å². The molecule has 1 aliphatic rings. The summed E-state index contributed by atoms with van der Waals surface area (Å²) < 4.78 is 42.2. The summed E-state index contributed by atoms with van der Waals surface area (Å²) in [5, 5.41) is 0.937. The van der Waals surface area contributed by atoms with E-state index >= 15 is 0 Å². The van der Waals surface area contributed by atoms with Crippen molar-refractivity contribution in [3.8, 4) is 0 Å². The molecule has 2 aromatic rings. The fourth-order valence-electron chi connectivity index (χ4n) is 2.05. The number of hydrogen-bond acceptors (Lipinski definition) is 1. The fraction of sp³-hybridized carbons (Fsp3) is 0.136. The molecule has 0 amide bonds. The molecule has 0 unspecified atom stereocenters. The molecule has 3 rings (SSSR count). The van der Waals surface area contributed by atoms with E-state index in [2.05, 4.69) is 45.9 Å². The van der Waals surface area contributed by atoms with Crippen molar-refractivity contribution in [1.82, 2.24) is 0 Å². The van der Waals surface area contributed by atoms with Crippen molar-refractivity contribution < 1.29 is 49.1 Å². The third kappa shape index (κ3) is 16.1. The summed E-state index contributed by atoms with van der Waals surface area (Å²) in [4.78, 5) is 10.0. The van der Waals surface area contributed by atoms with E-state index in [0.717, 1.165) is 0 Å². The number of hydrogen-bond donors (Lipinski definition) is 1. The van der Waals surface area contributed by atoms with Gasteiger partial charge in [0, 0.05) is 31.7 Å². The van der Waals surface area contributed by atoms with Crippen molar-refractivity contribution in [2.24, 2.45) is 0 Å². The molecule has 6 nitrogen and oxygen atoms in total. The molecule has 1 aliphatic carbocycles. The van der Waals surface area contributed by atoms with Crippen molar-refractivity contribution in [1.29, 1.82) is 0 Å². The minimum absolute atomic E-state index is 0. The van der Waals surface area contributed by atoms with E-state index in [-0.39, 0.29) is 21.1 Å². The zero-order valence-electron chi connectivity index (χ0n) is 16.0. The van der Waals surface area contributed by atoms with Crippen molar-refractivity contribution >= 4 is 18.0 Å². The van der Waals surface area contributed by atoms with Gasteiger partial charge in [-0.25, -0.2) is 0 Å². The van der Waals surface area contributed by atoms with Gasteiger partial charge in [0.1, 0.15) is 0 Å². The summed E-state index contributed by atoms with van der Waals surface area (Å²) in [5.41, 5.74) is 0. The van der Waals surface area contributed by atoms with Crippen LogP contribution < -0.4 is 10.6 Å². The summed E-state index contributed by atoms with van der Waals surface area (Å²) in [6, 6.07) is 17.4. The molecule has 3 radical (unpaired) electrons. The van der Waals surface area contributed by atoms with E-state index in [0.29, 0.717) is 10.6 Å². The van der Waals surface area contributed by atoms with Gasteiger partial charge in [-0.1, -0.05) is 42.8 Å². The van der Waals surface area contributed by atoms with E-state index in [1.54, 1.807) is 48.5 Å². The molecular formula is C22H20MoO6P. The van der Waals surface area contributed by atoms with Crippen LogP contribution in [0.2, 0.25) is 0 Å². The molecular weight excluding hydrogens is 487 g/mol. The molecule has 0 spiro atoms. The van der Waals surface area contributed by atoms with Gasteiger partial charge >= 0.3 is 45.2 Å². The van der Waals surface area contributed by atoms with Gasteiger partial charge in [-0.3, -0.25) is 4.57 Å². The van der Waals surface area contributed by atoms with Gasteiger partial charge in [-0.05, 0) is 56.4 Å². The van der Waals surface area contributed by atoms with Crippen LogP contribution in [0.25, 0.3) is 0 Å². The predicted molar refractivity (Wildman–Crippen MR) is 104 cm³/mol. The summed E-state index contributed by atoms with van der Waals surface area (Å²) in [5.74, 6) is 0. The Morgan fingerprint density at radius 2 is 0.967 bits per heavy atom. The summed E-state index contributed by atoms with van der Waals surface area (Å²) in [6.07, 6.45) is 10.5. The van der Waals surface area contributed by atoms with Crippen molar-refractivity contribution in [3.63, 3.8) is 0 Å². The second kappa shape index (κ2) is 27.3. The molecule has 2 aromatic carbocycles. The first kappa shape index (κ1) is 35.7. The third-order valence-corrected chi connectivity index (χ3v) is 5.22. The van der Waals surface area contributed by atoms with E-state index in [1.807, 2.05) is 12.1 Å². The predicted octanol–water partition coefficient (Wildman–Crippen LogP) is 3.54. The third-order valence-electron chi connectivity index (χ3n) is 3.23. The Labute approximate surface area is 192 Å². The minimum Gasteiger partial charge on any atom is -0.0527 e. The van der Waals surface area contributed by atoms with Gasteiger partial charge in [0.25, 0.3) is 7.37 Å². The quantitative estimate of drug-likeness (QED) is 0.290. The van der Waals surface area contributed by atoms with Crippen LogP contribution in [0.5, 0.6) is 0 Å². The molecule has 0 heterocycles. The maximum Gasteiger partial charge on any atom is 0 e. The summed E-state index contributed by atoms with van der Waals surface area (Å²) in [7, 11) is -3.40. The Bertz CT molecular complexity index is 659. The molecule has 30 heavy (non-hydrogen) atoms. The second-order valence-electron chi connectivity index (χ2n) is 4.84. The monoisotopic (exact) mass is 509 g/mol. The molecule has 0 aliphatic heterocycles. The Hall–Kier alpha value is -1.72. The average molecular weight is 507 g/mol. The molecule has 1 saturated carbocycles. The van der Waals surface area contributed by atoms with Crippen molar-refractivity contribution in [2.75, 3.05) is 0 Å². The first-order valence-corrected chi connectivity index (χ1v) is 9.61. The van der Waals surface area contributed by atoms with Gasteiger partial charge in [0.2, 0.25) is 0 Å². The van der Waals surface area contributed by atoms with Gasteiger partial charge in [-0.2, -0.15) is 0 Å². The van der Waals surface area contributed by atoms with E-state index in [1.165, 1.54) is 19.3 Å². The summed E-state index contributed by atoms with van der Waals surface area (Å²) in [6.45, 7) is 18.0. The van der Waals surface area contributed by atoms with Gasteiger partial charge < -0.3 is 4.89 Å². The standard InChI is InChI=1S/C12H11O2P.C6H9.4CO.Mo/c13-15(14,11-7-3-1-4-8-11)12-9-5-2-6-10-12;1-2-4-6-5-3-1;4*1-2;/h1-10H,(H,13,14);1-3H,4-6H2;;;;;. The Kier molecular flexibility index (Phi) is 32.5. The van der Waals surface area contributed by atoms with Gasteiger partial charge in [0.05, 0.1) is 0 Å².